The molecule has 0 unspecified atom stereocenters. The first-order valence-corrected chi connectivity index (χ1v) is 10.1. The second-order valence-corrected chi connectivity index (χ2v) is 8.04. The minimum Gasteiger partial charge on any atom is -0.495 e. The molecule has 1 aromatic heterocycles. The number of nitrogens with zero attached hydrogens (tertiary/aromatic N) is 2. The van der Waals surface area contributed by atoms with Crippen LogP contribution < -0.4 is 20.1 Å². The number of amides is 2. The normalized spacial score (nSPS) is 10.9. The van der Waals surface area contributed by atoms with Gasteiger partial charge in [0, 0.05) is 18.2 Å². The zero-order valence-electron chi connectivity index (χ0n) is 19.1. The predicted octanol–water partition coefficient (Wildman–Crippen LogP) is 4.56. The summed E-state index contributed by atoms with van der Waals surface area (Å²) < 4.78 is 21.0. The smallest absolute Gasteiger partial charge is 0.412 e. The zero-order valence-corrected chi connectivity index (χ0v) is 19.1. The van der Waals surface area contributed by atoms with E-state index in [-0.39, 0.29) is 12.5 Å². The maximum atomic E-state index is 12.7. The third kappa shape index (κ3) is 6.96. The van der Waals surface area contributed by atoms with E-state index in [0.29, 0.717) is 40.2 Å². The summed E-state index contributed by atoms with van der Waals surface area (Å²) in [4.78, 5) is 28.8. The van der Waals surface area contributed by atoms with E-state index in [4.69, 9.17) is 18.7 Å². The van der Waals surface area contributed by atoms with Crippen LogP contribution in [0.1, 0.15) is 42.8 Å². The van der Waals surface area contributed by atoms with Crippen molar-refractivity contribution in [1.82, 2.24) is 10.1 Å². The molecule has 10 nitrogen and oxygen atoms in total. The molecule has 0 aliphatic rings. The quantitative estimate of drug-likeness (QED) is 0.532. The van der Waals surface area contributed by atoms with Crippen molar-refractivity contribution in [3.8, 4) is 11.5 Å². The Bertz CT molecular complexity index is 1120. The van der Waals surface area contributed by atoms with Crippen LogP contribution >= 0.6 is 0 Å². The highest BCUT2D eigenvalue weighted by atomic mass is 16.6. The Balaban J connectivity index is 1.63. The lowest BCUT2D eigenvalue weighted by molar-refractivity contribution is 0.0635. The van der Waals surface area contributed by atoms with Gasteiger partial charge in [-0.1, -0.05) is 5.16 Å². The van der Waals surface area contributed by atoms with Gasteiger partial charge in [0.15, 0.2) is 6.61 Å². The van der Waals surface area contributed by atoms with Gasteiger partial charge in [0.1, 0.15) is 17.1 Å². The highest BCUT2D eigenvalue weighted by Gasteiger charge is 2.18. The Morgan fingerprint density at radius 1 is 1.06 bits per heavy atom. The number of hydrogen-bond donors (Lipinski definition) is 2. The fraction of sp³-hybridized carbons (Fsp3) is 0.304. The lowest BCUT2D eigenvalue weighted by Gasteiger charge is -2.20. The number of methoxy groups -OCH3 is 1. The van der Waals surface area contributed by atoms with Crippen molar-refractivity contribution < 1.29 is 28.3 Å². The van der Waals surface area contributed by atoms with E-state index in [1.165, 1.54) is 7.11 Å². The molecular weight excluding hydrogens is 428 g/mol. The van der Waals surface area contributed by atoms with Crippen LogP contribution in [0.4, 0.5) is 16.2 Å². The fourth-order valence-corrected chi connectivity index (χ4v) is 2.75. The molecule has 174 valence electrons. The molecule has 0 saturated heterocycles. The summed E-state index contributed by atoms with van der Waals surface area (Å²) in [5, 5.41) is 9.19. The van der Waals surface area contributed by atoms with Crippen molar-refractivity contribution in [2.45, 2.75) is 39.9 Å². The molecule has 0 spiro atoms. The molecule has 0 bridgehead atoms. The van der Waals surface area contributed by atoms with Crippen LogP contribution in [0.15, 0.2) is 47.0 Å². The first-order valence-electron chi connectivity index (χ1n) is 10.1. The van der Waals surface area contributed by atoms with Crippen molar-refractivity contribution in [2.75, 3.05) is 17.7 Å². The molecule has 0 radical (unpaired) electrons. The molecule has 10 heteroatoms. The third-order valence-corrected chi connectivity index (χ3v) is 4.15. The van der Waals surface area contributed by atoms with E-state index in [2.05, 4.69) is 20.8 Å². The van der Waals surface area contributed by atoms with Gasteiger partial charge in [0.25, 0.3) is 5.91 Å². The highest BCUT2D eigenvalue weighted by molar-refractivity contribution is 6.04. The van der Waals surface area contributed by atoms with Crippen LogP contribution in [0.25, 0.3) is 0 Å². The highest BCUT2D eigenvalue weighted by Crippen LogP contribution is 2.29. The van der Waals surface area contributed by atoms with E-state index >= 15 is 0 Å². The number of nitrogens with one attached hydrogen (secondary N) is 2. The molecule has 2 amide bonds. The number of ether oxygens (including phenoxy) is 3. The van der Waals surface area contributed by atoms with E-state index in [1.807, 2.05) is 0 Å². The number of carbonyl (C=O) groups is 2. The van der Waals surface area contributed by atoms with Crippen LogP contribution in [0, 0.1) is 6.92 Å². The number of carbonyl (C=O) groups excluding carboxylic acids is 2. The second kappa shape index (κ2) is 10.0. The SMILES string of the molecule is COc1ccc(NC(=O)c2ccc(OCc3noc(C)n3)cc2)cc1NC(=O)OC(C)(C)C. The third-order valence-electron chi connectivity index (χ3n) is 4.15. The van der Waals surface area contributed by atoms with Gasteiger partial charge in [-0.3, -0.25) is 10.1 Å². The minimum atomic E-state index is -0.649. The first kappa shape index (κ1) is 23.6. The van der Waals surface area contributed by atoms with E-state index in [9.17, 15) is 9.59 Å². The van der Waals surface area contributed by atoms with Gasteiger partial charge in [-0.2, -0.15) is 4.98 Å². The molecular formula is C23H26N4O6. The Labute approximate surface area is 191 Å². The number of anilines is 2. The minimum absolute atomic E-state index is 0.155. The Morgan fingerprint density at radius 3 is 2.39 bits per heavy atom. The van der Waals surface area contributed by atoms with Crippen LogP contribution in [-0.2, 0) is 11.3 Å². The van der Waals surface area contributed by atoms with Gasteiger partial charge in [-0.25, -0.2) is 4.79 Å². The predicted molar refractivity (Wildman–Crippen MR) is 121 cm³/mol. The van der Waals surface area contributed by atoms with Gasteiger partial charge in [0.05, 0.1) is 12.8 Å². The molecule has 2 aromatic carbocycles. The van der Waals surface area contributed by atoms with Crippen molar-refractivity contribution in [3.63, 3.8) is 0 Å². The second-order valence-electron chi connectivity index (χ2n) is 8.04. The number of aryl methyl sites for hydroxylation is 1. The molecule has 0 aliphatic carbocycles. The lowest BCUT2D eigenvalue weighted by atomic mass is 10.2. The number of rotatable bonds is 7. The van der Waals surface area contributed by atoms with Crippen molar-refractivity contribution in [2.24, 2.45) is 0 Å². The molecule has 0 fully saturated rings. The van der Waals surface area contributed by atoms with E-state index < -0.39 is 11.7 Å². The first-order chi connectivity index (χ1) is 15.6. The summed E-state index contributed by atoms with van der Waals surface area (Å²) in [6.07, 6.45) is -0.629. The molecule has 0 saturated carbocycles. The standard InChI is InChI=1S/C23H26N4O6/c1-14-24-20(27-33-14)13-31-17-9-6-15(7-10-17)21(28)25-16-8-11-19(30-5)18(12-16)26-22(29)32-23(2,3)4/h6-12H,13H2,1-5H3,(H,25,28)(H,26,29). The average Bonchev–Trinajstić information content (AvgIpc) is 3.16. The Morgan fingerprint density at radius 2 is 1.79 bits per heavy atom. The van der Waals surface area contributed by atoms with Crippen LogP contribution in [0.5, 0.6) is 11.5 Å². The molecule has 33 heavy (non-hydrogen) atoms. The van der Waals surface area contributed by atoms with Gasteiger partial charge in [0.2, 0.25) is 11.7 Å². The van der Waals surface area contributed by atoms with E-state index in [1.54, 1.807) is 70.2 Å². The number of benzene rings is 2. The number of hydrogen-bond acceptors (Lipinski definition) is 8. The largest absolute Gasteiger partial charge is 0.495 e. The lowest BCUT2D eigenvalue weighted by Crippen LogP contribution is -2.27. The molecule has 3 rings (SSSR count). The summed E-state index contributed by atoms with van der Waals surface area (Å²) in [7, 11) is 1.48. The summed E-state index contributed by atoms with van der Waals surface area (Å²) in [6, 6.07) is 11.5. The maximum Gasteiger partial charge on any atom is 0.412 e. The molecule has 3 aromatic rings. The molecule has 0 aliphatic heterocycles. The summed E-state index contributed by atoms with van der Waals surface area (Å²) in [6.45, 7) is 7.15. The van der Waals surface area contributed by atoms with Gasteiger partial charge < -0.3 is 24.1 Å². The fourth-order valence-electron chi connectivity index (χ4n) is 2.75. The maximum absolute atomic E-state index is 12.7. The molecule has 2 N–H and O–H groups in total. The topological polar surface area (TPSA) is 125 Å². The summed E-state index contributed by atoms with van der Waals surface area (Å²) in [5.41, 5.74) is 0.614. The van der Waals surface area contributed by atoms with Crippen molar-refractivity contribution in [3.05, 3.63) is 59.7 Å². The van der Waals surface area contributed by atoms with Crippen LogP contribution in [0.2, 0.25) is 0 Å². The summed E-state index contributed by atoms with van der Waals surface area (Å²) >= 11 is 0. The van der Waals surface area contributed by atoms with E-state index in [0.717, 1.165) is 0 Å². The van der Waals surface area contributed by atoms with Gasteiger partial charge in [-0.15, -0.1) is 0 Å². The Hall–Kier alpha value is -4.08. The molecule has 0 atom stereocenters. The Kier molecular flexibility index (Phi) is 7.17. The molecule has 1 heterocycles. The average molecular weight is 454 g/mol. The van der Waals surface area contributed by atoms with Crippen LogP contribution in [0.3, 0.4) is 0 Å². The van der Waals surface area contributed by atoms with Crippen molar-refractivity contribution in [1.29, 1.82) is 0 Å². The van der Waals surface area contributed by atoms with Gasteiger partial charge in [-0.05, 0) is 63.2 Å². The van der Waals surface area contributed by atoms with Gasteiger partial charge >= 0.3 is 6.09 Å². The summed E-state index contributed by atoms with van der Waals surface area (Å²) in [5.74, 6) is 1.55. The monoisotopic (exact) mass is 454 g/mol. The van der Waals surface area contributed by atoms with Crippen molar-refractivity contribution >= 4 is 23.4 Å². The van der Waals surface area contributed by atoms with Crippen LogP contribution in [-0.4, -0.2) is 34.9 Å². The zero-order chi connectivity index (χ0) is 24.0. The number of aromatic nitrogens is 2.